The Kier molecular flexibility index (Phi) is 4.57. The molecular formula is C16H20O2. The maximum absolute atomic E-state index is 12.1. The van der Waals surface area contributed by atoms with Gasteiger partial charge in [0.25, 0.3) is 0 Å². The fourth-order valence-corrected chi connectivity index (χ4v) is 2.46. The minimum Gasteiger partial charge on any atom is -0.426 e. The second-order valence-corrected chi connectivity index (χ2v) is 4.86. The summed E-state index contributed by atoms with van der Waals surface area (Å²) in [6, 6.07) is 7.69. The molecule has 1 aromatic carbocycles. The van der Waals surface area contributed by atoms with Crippen molar-refractivity contribution in [3.63, 3.8) is 0 Å². The van der Waals surface area contributed by atoms with Gasteiger partial charge in [-0.2, -0.15) is 0 Å². The maximum Gasteiger partial charge on any atom is 0.314 e. The van der Waals surface area contributed by atoms with Crippen LogP contribution in [-0.4, -0.2) is 5.97 Å². The van der Waals surface area contributed by atoms with Crippen molar-refractivity contribution in [3.05, 3.63) is 42.5 Å². The van der Waals surface area contributed by atoms with E-state index >= 15 is 0 Å². The first-order valence-electron chi connectivity index (χ1n) is 6.71. The van der Waals surface area contributed by atoms with Crippen molar-refractivity contribution in [2.75, 3.05) is 0 Å². The Hall–Kier alpha value is -1.57. The van der Waals surface area contributed by atoms with Gasteiger partial charge in [0.2, 0.25) is 0 Å². The van der Waals surface area contributed by atoms with E-state index in [1.807, 2.05) is 30.3 Å². The van der Waals surface area contributed by atoms with Crippen LogP contribution in [0.2, 0.25) is 0 Å². The molecule has 96 valence electrons. The van der Waals surface area contributed by atoms with Crippen LogP contribution in [0.4, 0.5) is 0 Å². The molecule has 0 aromatic heterocycles. The van der Waals surface area contributed by atoms with Crippen molar-refractivity contribution in [3.8, 4) is 5.75 Å². The van der Waals surface area contributed by atoms with E-state index in [0.29, 0.717) is 5.75 Å². The molecule has 0 amide bonds. The molecule has 2 rings (SSSR count). The Morgan fingerprint density at radius 1 is 1.28 bits per heavy atom. The Balaban J connectivity index is 2.03. The minimum absolute atomic E-state index is 0.0637. The number of hydrogen-bond donors (Lipinski definition) is 0. The van der Waals surface area contributed by atoms with Gasteiger partial charge < -0.3 is 4.74 Å². The largest absolute Gasteiger partial charge is 0.426 e. The third-order valence-electron chi connectivity index (χ3n) is 3.49. The molecule has 1 aliphatic carbocycles. The molecule has 1 aliphatic rings. The maximum atomic E-state index is 12.1. The molecule has 0 radical (unpaired) electrons. The summed E-state index contributed by atoms with van der Waals surface area (Å²) in [4.78, 5) is 12.1. The fraction of sp³-hybridized carbons (Fsp3) is 0.438. The van der Waals surface area contributed by atoms with Crippen LogP contribution >= 0.6 is 0 Å². The Morgan fingerprint density at radius 3 is 2.72 bits per heavy atom. The van der Waals surface area contributed by atoms with Crippen molar-refractivity contribution in [1.82, 2.24) is 0 Å². The molecule has 1 saturated carbocycles. The van der Waals surface area contributed by atoms with Gasteiger partial charge in [-0.1, -0.05) is 43.5 Å². The number of allylic oxidation sites excluding steroid dienone is 1. The van der Waals surface area contributed by atoms with Crippen LogP contribution < -0.4 is 4.74 Å². The predicted octanol–water partition coefficient (Wildman–Crippen LogP) is 3.90. The van der Waals surface area contributed by atoms with Crippen molar-refractivity contribution in [1.29, 1.82) is 0 Å². The second-order valence-electron chi connectivity index (χ2n) is 4.86. The van der Waals surface area contributed by atoms with E-state index in [9.17, 15) is 4.79 Å². The highest BCUT2D eigenvalue weighted by atomic mass is 16.5. The van der Waals surface area contributed by atoms with Gasteiger partial charge in [0.1, 0.15) is 5.75 Å². The number of esters is 1. The summed E-state index contributed by atoms with van der Waals surface area (Å²) >= 11 is 0. The van der Waals surface area contributed by atoms with Gasteiger partial charge in [0.15, 0.2) is 0 Å². The number of rotatable bonds is 4. The lowest BCUT2D eigenvalue weighted by atomic mass is 9.89. The lowest BCUT2D eigenvalue weighted by molar-refractivity contribution is -0.140. The second kappa shape index (κ2) is 6.39. The van der Waals surface area contributed by atoms with Crippen molar-refractivity contribution in [2.24, 2.45) is 5.92 Å². The highest BCUT2D eigenvalue weighted by molar-refractivity contribution is 5.75. The summed E-state index contributed by atoms with van der Waals surface area (Å²) in [6.07, 6.45) is 8.05. The van der Waals surface area contributed by atoms with E-state index < -0.39 is 0 Å². The van der Waals surface area contributed by atoms with E-state index in [2.05, 4.69) is 6.58 Å². The molecule has 1 aromatic rings. The van der Waals surface area contributed by atoms with Gasteiger partial charge in [0.05, 0.1) is 5.92 Å². The van der Waals surface area contributed by atoms with Crippen molar-refractivity contribution >= 4 is 5.97 Å². The number of carbonyl (C=O) groups is 1. The monoisotopic (exact) mass is 244 g/mol. The number of benzene rings is 1. The van der Waals surface area contributed by atoms with Crippen LogP contribution in [0.3, 0.4) is 0 Å². The average molecular weight is 244 g/mol. The summed E-state index contributed by atoms with van der Waals surface area (Å²) < 4.78 is 5.55. The molecule has 0 heterocycles. The zero-order chi connectivity index (χ0) is 12.8. The van der Waals surface area contributed by atoms with E-state index in [1.165, 1.54) is 6.42 Å². The Bertz CT molecular complexity index is 417. The normalized spacial score (nSPS) is 16.2. The van der Waals surface area contributed by atoms with Crippen LogP contribution in [0.15, 0.2) is 36.9 Å². The van der Waals surface area contributed by atoms with Crippen molar-refractivity contribution in [2.45, 2.75) is 38.5 Å². The van der Waals surface area contributed by atoms with E-state index in [0.717, 1.165) is 37.7 Å². The average Bonchev–Trinajstić information content (AvgIpc) is 2.42. The first kappa shape index (κ1) is 12.9. The molecule has 0 bridgehead atoms. The summed E-state index contributed by atoms with van der Waals surface area (Å²) in [7, 11) is 0. The van der Waals surface area contributed by atoms with Gasteiger partial charge in [-0.3, -0.25) is 4.79 Å². The number of ether oxygens (including phenoxy) is 1. The predicted molar refractivity (Wildman–Crippen MR) is 72.6 cm³/mol. The first-order valence-corrected chi connectivity index (χ1v) is 6.71. The fourth-order valence-electron chi connectivity index (χ4n) is 2.46. The third kappa shape index (κ3) is 3.22. The SMILES string of the molecule is C=CCc1ccccc1OC(=O)C1CCCCC1. The van der Waals surface area contributed by atoms with Crippen LogP contribution in [0.5, 0.6) is 5.75 Å². The molecular weight excluding hydrogens is 224 g/mol. The molecule has 0 N–H and O–H groups in total. The molecule has 18 heavy (non-hydrogen) atoms. The van der Waals surface area contributed by atoms with Gasteiger partial charge in [0, 0.05) is 0 Å². The smallest absolute Gasteiger partial charge is 0.314 e. The van der Waals surface area contributed by atoms with Crippen LogP contribution in [0, 0.1) is 5.92 Å². The lowest BCUT2D eigenvalue weighted by Crippen LogP contribution is -2.23. The molecule has 0 aliphatic heterocycles. The van der Waals surface area contributed by atoms with Crippen LogP contribution in [-0.2, 0) is 11.2 Å². The van der Waals surface area contributed by atoms with E-state index in [1.54, 1.807) is 0 Å². The zero-order valence-electron chi connectivity index (χ0n) is 10.7. The molecule has 2 nitrogen and oxygen atoms in total. The first-order chi connectivity index (χ1) is 8.81. The van der Waals surface area contributed by atoms with Gasteiger partial charge in [-0.05, 0) is 30.9 Å². The number of hydrogen-bond acceptors (Lipinski definition) is 2. The Labute approximate surface area is 109 Å². The molecule has 0 unspecified atom stereocenters. The number of carbonyl (C=O) groups excluding carboxylic acids is 1. The quantitative estimate of drug-likeness (QED) is 0.456. The van der Waals surface area contributed by atoms with Gasteiger partial charge >= 0.3 is 5.97 Å². The molecule has 0 saturated heterocycles. The summed E-state index contributed by atoms with van der Waals surface area (Å²) in [5, 5.41) is 0. The highest BCUT2D eigenvalue weighted by Crippen LogP contribution is 2.27. The highest BCUT2D eigenvalue weighted by Gasteiger charge is 2.23. The molecule has 0 spiro atoms. The molecule has 1 fully saturated rings. The third-order valence-corrected chi connectivity index (χ3v) is 3.49. The van der Waals surface area contributed by atoms with Crippen molar-refractivity contribution < 1.29 is 9.53 Å². The zero-order valence-corrected chi connectivity index (χ0v) is 10.7. The minimum atomic E-state index is -0.0637. The van der Waals surface area contributed by atoms with Crippen LogP contribution in [0.1, 0.15) is 37.7 Å². The van der Waals surface area contributed by atoms with Gasteiger partial charge in [-0.25, -0.2) is 0 Å². The number of para-hydroxylation sites is 1. The summed E-state index contributed by atoms with van der Waals surface area (Å²) in [6.45, 7) is 3.73. The Morgan fingerprint density at radius 2 is 2.00 bits per heavy atom. The molecule has 0 atom stereocenters. The lowest BCUT2D eigenvalue weighted by Gasteiger charge is -2.20. The molecule has 2 heteroatoms. The van der Waals surface area contributed by atoms with Crippen LogP contribution in [0.25, 0.3) is 0 Å². The standard InChI is InChI=1S/C16H20O2/c1-2-8-13-9-6-7-12-15(13)18-16(17)14-10-4-3-5-11-14/h2,6-7,9,12,14H,1,3-5,8,10-11H2. The topological polar surface area (TPSA) is 26.3 Å². The van der Waals surface area contributed by atoms with Gasteiger partial charge in [-0.15, -0.1) is 6.58 Å². The summed E-state index contributed by atoms with van der Waals surface area (Å²) in [5.74, 6) is 0.717. The van der Waals surface area contributed by atoms with E-state index in [4.69, 9.17) is 4.74 Å². The summed E-state index contributed by atoms with van der Waals surface area (Å²) in [5.41, 5.74) is 1.02. The van der Waals surface area contributed by atoms with E-state index in [-0.39, 0.29) is 11.9 Å².